The summed E-state index contributed by atoms with van der Waals surface area (Å²) in [5.41, 5.74) is 17.6. The van der Waals surface area contributed by atoms with Crippen molar-refractivity contribution in [3.63, 3.8) is 0 Å². The van der Waals surface area contributed by atoms with Gasteiger partial charge in [-0.15, -0.1) is 0 Å². The predicted octanol–water partition coefficient (Wildman–Crippen LogP) is -2.07. The number of thioether (sulfide) groups is 1. The lowest BCUT2D eigenvalue weighted by molar-refractivity contribution is -0.142. The first kappa shape index (κ1) is 68.6. The summed E-state index contributed by atoms with van der Waals surface area (Å²) in [6.45, 7) is 13.1. The molecule has 0 spiro atoms. The minimum absolute atomic E-state index is 0.00573. The van der Waals surface area contributed by atoms with E-state index < -0.39 is 138 Å². The number of rotatable bonds is 37. The fraction of sp³-hybridized carbons (Fsp3) is 0.667. The second-order valence-corrected chi connectivity index (χ2v) is 21.3. The molecular formula is C51H86N12O13S. The summed E-state index contributed by atoms with van der Waals surface area (Å²) in [5, 5.41) is 42.4. The van der Waals surface area contributed by atoms with Gasteiger partial charge < -0.3 is 75.3 Å². The molecule has 0 saturated heterocycles. The number of unbranched alkanes of at least 4 members (excludes halogenated alkanes) is 1. The summed E-state index contributed by atoms with van der Waals surface area (Å²) < 4.78 is 0. The number of aliphatic hydroxyl groups excluding tert-OH is 1. The van der Waals surface area contributed by atoms with Crippen LogP contribution in [0.4, 0.5) is 0 Å². The number of carboxylic acid groups (broad SMARTS) is 1. The lowest BCUT2D eigenvalue weighted by atomic mass is 9.99. The standard InChI is InChI=1S/C51H86N12O13S/c1-27(2)21-35(59-47(71)36(22-28(3)4)62-50(74)42(54)31(8)64)46(70)56-30(7)43(67)55-26-41(66)57-34(18-20-77-9)45(69)61-38(25-40(53)65)49(73)58-33(17-13-14-19-52)44(68)60-37(24-32-15-11-10-12-16-32)48(72)63-39(51(75)76)23-29(5)6/h10-12,15-16,27-31,33-39,42,64H,13-14,17-26,52,54H2,1-9H3,(H2,53,65)(H,55,67)(H,56,70)(H,57,66)(H,58,73)(H,59,71)(H,60,68)(H,61,69)(H,62,74)(H,63,72)(H,75,76)/t30-,31+,33-,34-,35-,36-,37-,38-,39-,42-/m0/s1. The number of carboxylic acids is 1. The highest BCUT2D eigenvalue weighted by atomic mass is 32.2. The minimum Gasteiger partial charge on any atom is -0.480 e. The molecule has 10 atom stereocenters. The van der Waals surface area contributed by atoms with Gasteiger partial charge in [0.2, 0.25) is 59.1 Å². The van der Waals surface area contributed by atoms with Crippen LogP contribution in [-0.2, 0) is 59.2 Å². The molecule has 26 heteroatoms. The van der Waals surface area contributed by atoms with Crippen molar-refractivity contribution >= 4 is 76.8 Å². The van der Waals surface area contributed by atoms with Crippen molar-refractivity contribution in [3.05, 3.63) is 35.9 Å². The third-order valence-corrected chi connectivity index (χ3v) is 12.4. The molecule has 0 aliphatic rings. The molecule has 434 valence electrons. The maximum Gasteiger partial charge on any atom is 0.326 e. The maximum atomic E-state index is 14.0. The molecule has 17 N–H and O–H groups in total. The highest BCUT2D eigenvalue weighted by Crippen LogP contribution is 2.13. The van der Waals surface area contributed by atoms with Crippen molar-refractivity contribution in [3.8, 4) is 0 Å². The minimum atomic E-state index is -1.67. The zero-order valence-corrected chi connectivity index (χ0v) is 46.7. The topological polar surface area (TPSA) is 415 Å². The van der Waals surface area contributed by atoms with Crippen molar-refractivity contribution in [1.29, 1.82) is 0 Å². The Morgan fingerprint density at radius 1 is 0.545 bits per heavy atom. The van der Waals surface area contributed by atoms with Gasteiger partial charge in [-0.3, -0.25) is 47.9 Å². The first-order chi connectivity index (χ1) is 36.1. The van der Waals surface area contributed by atoms with E-state index in [1.807, 2.05) is 27.7 Å². The lowest BCUT2D eigenvalue weighted by Crippen LogP contribution is -2.60. The van der Waals surface area contributed by atoms with Gasteiger partial charge in [-0.25, -0.2) is 4.79 Å². The Morgan fingerprint density at radius 2 is 0.987 bits per heavy atom. The van der Waals surface area contributed by atoms with Crippen LogP contribution in [0.2, 0.25) is 0 Å². The second-order valence-electron chi connectivity index (χ2n) is 20.4. The first-order valence-electron chi connectivity index (χ1n) is 26.0. The fourth-order valence-electron chi connectivity index (χ4n) is 7.63. The highest BCUT2D eigenvalue weighted by Gasteiger charge is 2.35. The molecule has 0 aliphatic carbocycles. The van der Waals surface area contributed by atoms with Gasteiger partial charge in [-0.2, -0.15) is 11.8 Å². The monoisotopic (exact) mass is 1110 g/mol. The number of primary amides is 1. The third-order valence-electron chi connectivity index (χ3n) is 11.8. The first-order valence-corrected chi connectivity index (χ1v) is 27.4. The van der Waals surface area contributed by atoms with Crippen LogP contribution in [0.5, 0.6) is 0 Å². The zero-order chi connectivity index (χ0) is 58.5. The predicted molar refractivity (Wildman–Crippen MR) is 290 cm³/mol. The van der Waals surface area contributed by atoms with Crippen molar-refractivity contribution in [2.45, 2.75) is 174 Å². The highest BCUT2D eigenvalue weighted by molar-refractivity contribution is 7.98. The zero-order valence-electron chi connectivity index (χ0n) is 45.9. The van der Waals surface area contributed by atoms with Gasteiger partial charge in [-0.1, -0.05) is 71.9 Å². The van der Waals surface area contributed by atoms with Crippen molar-refractivity contribution in [2.24, 2.45) is 35.0 Å². The van der Waals surface area contributed by atoms with Crippen LogP contribution in [-0.4, -0.2) is 161 Å². The van der Waals surface area contributed by atoms with E-state index in [0.29, 0.717) is 24.2 Å². The van der Waals surface area contributed by atoms with Crippen LogP contribution in [0, 0.1) is 17.8 Å². The summed E-state index contributed by atoms with van der Waals surface area (Å²) in [4.78, 5) is 146. The second kappa shape index (κ2) is 35.9. The van der Waals surface area contributed by atoms with Crippen LogP contribution in [0.3, 0.4) is 0 Å². The summed E-state index contributed by atoms with van der Waals surface area (Å²) in [6, 6.07) is -3.10. The Hall–Kier alpha value is -6.38. The van der Waals surface area contributed by atoms with Gasteiger partial charge in [0.1, 0.15) is 54.4 Å². The van der Waals surface area contributed by atoms with Gasteiger partial charge in [-0.05, 0) is 101 Å². The van der Waals surface area contributed by atoms with Gasteiger partial charge in [0.05, 0.1) is 19.1 Å². The summed E-state index contributed by atoms with van der Waals surface area (Å²) in [7, 11) is 0. The van der Waals surface area contributed by atoms with E-state index in [9.17, 15) is 63.0 Å². The number of hydrogen-bond donors (Lipinski definition) is 14. The number of aliphatic carboxylic acids is 1. The molecule has 25 nitrogen and oxygen atoms in total. The Kier molecular flexibility index (Phi) is 32.0. The molecule has 77 heavy (non-hydrogen) atoms. The van der Waals surface area contributed by atoms with Crippen LogP contribution in [0.1, 0.15) is 112 Å². The van der Waals surface area contributed by atoms with Gasteiger partial charge in [0.15, 0.2) is 0 Å². The number of carbonyl (C=O) groups is 11. The molecule has 0 radical (unpaired) electrons. The van der Waals surface area contributed by atoms with E-state index in [-0.39, 0.29) is 62.8 Å². The normalized spacial score (nSPS) is 15.2. The van der Waals surface area contributed by atoms with Crippen LogP contribution in [0.15, 0.2) is 30.3 Å². The fourth-order valence-corrected chi connectivity index (χ4v) is 8.10. The number of carbonyl (C=O) groups excluding carboxylic acids is 10. The molecule has 0 aliphatic heterocycles. The lowest BCUT2D eigenvalue weighted by Gasteiger charge is -2.27. The molecule has 0 saturated carbocycles. The summed E-state index contributed by atoms with van der Waals surface area (Å²) >= 11 is 1.33. The molecule has 0 aromatic heterocycles. The van der Waals surface area contributed by atoms with Gasteiger partial charge in [0.25, 0.3) is 0 Å². The van der Waals surface area contributed by atoms with Crippen molar-refractivity contribution in [2.75, 3.05) is 25.1 Å². The van der Waals surface area contributed by atoms with Crippen molar-refractivity contribution < 1.29 is 63.0 Å². The molecule has 1 rings (SSSR count). The molecule has 1 aromatic carbocycles. The number of amides is 10. The van der Waals surface area contributed by atoms with Crippen molar-refractivity contribution in [1.82, 2.24) is 47.9 Å². The molecule has 1 aromatic rings. The van der Waals surface area contributed by atoms with E-state index in [1.165, 1.54) is 25.6 Å². The largest absolute Gasteiger partial charge is 0.480 e. The number of hydrogen-bond acceptors (Lipinski definition) is 15. The van der Waals surface area contributed by atoms with Crippen LogP contribution in [0.25, 0.3) is 0 Å². The number of nitrogens with one attached hydrogen (secondary N) is 9. The molecule has 0 fully saturated rings. The van der Waals surface area contributed by atoms with E-state index in [4.69, 9.17) is 17.2 Å². The SMILES string of the molecule is CSCC[C@H](NC(=O)CNC(=O)[C@H](C)NC(=O)[C@H](CC(C)C)NC(=O)[C@H](CC(C)C)NC(=O)[C@@H](N)[C@@H](C)O)C(=O)N[C@@H](CC(N)=O)C(=O)N[C@@H](CCCCN)C(=O)N[C@@H](Cc1ccccc1)C(=O)N[C@@H](CC(C)C)C(=O)O. The Morgan fingerprint density at radius 3 is 1.49 bits per heavy atom. The summed E-state index contributed by atoms with van der Waals surface area (Å²) in [5.74, 6) is -9.62. The maximum absolute atomic E-state index is 14.0. The van der Waals surface area contributed by atoms with Crippen LogP contribution < -0.4 is 65.1 Å². The average molecular weight is 1110 g/mol. The van der Waals surface area contributed by atoms with E-state index >= 15 is 0 Å². The Bertz CT molecular complexity index is 2120. The van der Waals surface area contributed by atoms with E-state index in [0.717, 1.165) is 0 Å². The number of benzene rings is 1. The van der Waals surface area contributed by atoms with Gasteiger partial charge in [0, 0.05) is 6.42 Å². The molecule has 10 amide bonds. The molecule has 0 heterocycles. The quantitative estimate of drug-likeness (QED) is 0.0318. The third kappa shape index (κ3) is 27.5. The summed E-state index contributed by atoms with van der Waals surface area (Å²) in [6.07, 6.45) is 0.942. The molecule has 0 unspecified atom stereocenters. The Labute approximate surface area is 455 Å². The van der Waals surface area contributed by atoms with E-state index in [2.05, 4.69) is 47.9 Å². The van der Waals surface area contributed by atoms with E-state index in [1.54, 1.807) is 50.4 Å². The molecular weight excluding hydrogens is 1020 g/mol. The van der Waals surface area contributed by atoms with Gasteiger partial charge >= 0.3 is 5.97 Å². The number of nitrogens with two attached hydrogens (primary N) is 3. The molecule has 0 bridgehead atoms. The number of aliphatic hydroxyl groups is 1. The smallest absolute Gasteiger partial charge is 0.326 e. The average Bonchev–Trinajstić information content (AvgIpc) is 3.34. The van der Waals surface area contributed by atoms with Crippen LogP contribution >= 0.6 is 11.8 Å². The Balaban J connectivity index is 3.24.